The van der Waals surface area contributed by atoms with Crippen molar-refractivity contribution in [1.82, 2.24) is 14.8 Å². The van der Waals surface area contributed by atoms with Crippen molar-refractivity contribution in [2.24, 2.45) is 0 Å². The third-order valence-corrected chi connectivity index (χ3v) is 8.24. The van der Waals surface area contributed by atoms with Gasteiger partial charge in [0.05, 0.1) is 11.4 Å². The Morgan fingerprint density at radius 2 is 1.94 bits per heavy atom. The number of thioether (sulfide) groups is 1. The summed E-state index contributed by atoms with van der Waals surface area (Å²) in [5, 5.41) is 55.9. The van der Waals surface area contributed by atoms with E-state index in [-0.39, 0.29) is 18.1 Å². The van der Waals surface area contributed by atoms with Crippen molar-refractivity contribution in [3.05, 3.63) is 41.2 Å². The molecule has 0 amide bonds. The first-order valence-electron chi connectivity index (χ1n) is 10.2. The van der Waals surface area contributed by atoms with E-state index >= 15 is 0 Å². The van der Waals surface area contributed by atoms with Crippen molar-refractivity contribution < 1.29 is 35.1 Å². The van der Waals surface area contributed by atoms with Crippen LogP contribution in [0.1, 0.15) is 18.4 Å². The Kier molecular flexibility index (Phi) is 6.96. The molecule has 2 fully saturated rings. The molecule has 2 aromatic rings. The van der Waals surface area contributed by atoms with Crippen LogP contribution >= 0.6 is 35.0 Å². The smallest absolute Gasteiger partial charge is 0.335 e. The van der Waals surface area contributed by atoms with Crippen molar-refractivity contribution in [2.75, 3.05) is 0 Å². The molecule has 2 aliphatic rings. The predicted octanol–water partition coefficient (Wildman–Crippen LogP) is 0.661. The molecule has 1 aliphatic carbocycles. The lowest BCUT2D eigenvalue weighted by atomic mass is 9.89. The topological polar surface area (TPSA) is 158 Å². The molecular weight excluding hydrogens is 497 g/mol. The van der Waals surface area contributed by atoms with Gasteiger partial charge in [0.2, 0.25) is 0 Å². The molecule has 1 unspecified atom stereocenters. The molecule has 1 aliphatic heterocycles. The van der Waals surface area contributed by atoms with Crippen LogP contribution in [-0.2, 0) is 22.5 Å². The van der Waals surface area contributed by atoms with Crippen LogP contribution in [0.4, 0.5) is 0 Å². The molecule has 33 heavy (non-hydrogen) atoms. The van der Waals surface area contributed by atoms with Gasteiger partial charge in [0.1, 0.15) is 35.7 Å². The van der Waals surface area contributed by atoms with Crippen LogP contribution in [0.2, 0.25) is 5.02 Å². The Hall–Kier alpha value is -1.44. The highest BCUT2D eigenvalue weighted by molar-refractivity contribution is 7.99. The number of aliphatic hydroxyl groups excluding tert-OH is 3. The highest BCUT2D eigenvalue weighted by Crippen LogP contribution is 2.53. The minimum atomic E-state index is -1.79. The normalized spacial score (nSPS) is 30.5. The third-order valence-electron chi connectivity index (χ3n) is 5.99. The van der Waals surface area contributed by atoms with Gasteiger partial charge < -0.3 is 30.3 Å². The number of alkyl halides is 1. The second-order valence-electron chi connectivity index (χ2n) is 8.32. The molecule has 180 valence electrons. The van der Waals surface area contributed by atoms with Crippen LogP contribution in [0.5, 0.6) is 0 Å². The van der Waals surface area contributed by atoms with E-state index in [4.69, 9.17) is 27.9 Å². The summed E-state index contributed by atoms with van der Waals surface area (Å²) < 4.78 is 6.69. The number of aliphatic hydroxyl groups is 4. The molecule has 10 nitrogen and oxygen atoms in total. The molecule has 0 bridgehead atoms. The Balaban J connectivity index is 1.56. The fraction of sp³-hybridized carbons (Fsp3) is 0.550. The second-order valence-corrected chi connectivity index (χ2v) is 10.5. The number of benzene rings is 1. The summed E-state index contributed by atoms with van der Waals surface area (Å²) >= 11 is 13.8. The Bertz CT molecular complexity index is 1020. The van der Waals surface area contributed by atoms with Gasteiger partial charge in [-0.15, -0.1) is 11.6 Å². The van der Waals surface area contributed by atoms with Gasteiger partial charge in [0.25, 0.3) is 0 Å². The van der Waals surface area contributed by atoms with Crippen LogP contribution in [0.15, 0.2) is 35.7 Å². The zero-order valence-corrected chi connectivity index (χ0v) is 19.5. The number of ether oxygens (including phenoxy) is 1. The maximum Gasteiger partial charge on any atom is 0.335 e. The summed E-state index contributed by atoms with van der Waals surface area (Å²) in [5.41, 5.74) is -1.97. The molecule has 2 heterocycles. The number of hydrogen-bond donors (Lipinski definition) is 5. The minimum absolute atomic E-state index is 0.0551. The van der Waals surface area contributed by atoms with Gasteiger partial charge in [-0.3, -0.25) is 0 Å². The summed E-state index contributed by atoms with van der Waals surface area (Å²) in [6, 6.07) is 7.13. The first-order valence-corrected chi connectivity index (χ1v) is 11.8. The molecule has 5 N–H and O–H groups in total. The van der Waals surface area contributed by atoms with Crippen LogP contribution < -0.4 is 0 Å². The van der Waals surface area contributed by atoms with E-state index in [1.807, 2.05) is 6.07 Å². The number of hydrogen-bond acceptors (Lipinski definition) is 9. The Morgan fingerprint density at radius 1 is 1.24 bits per heavy atom. The fourth-order valence-corrected chi connectivity index (χ4v) is 5.29. The van der Waals surface area contributed by atoms with E-state index < -0.39 is 46.3 Å². The molecule has 6 atom stereocenters. The van der Waals surface area contributed by atoms with Crippen LogP contribution in [0.25, 0.3) is 0 Å². The van der Waals surface area contributed by atoms with Crippen molar-refractivity contribution in [3.63, 3.8) is 0 Å². The van der Waals surface area contributed by atoms with Gasteiger partial charge in [-0.05, 0) is 24.5 Å². The van der Waals surface area contributed by atoms with Crippen molar-refractivity contribution in [3.8, 4) is 0 Å². The Morgan fingerprint density at radius 3 is 2.58 bits per heavy atom. The van der Waals surface area contributed by atoms with Crippen molar-refractivity contribution in [1.29, 1.82) is 0 Å². The van der Waals surface area contributed by atoms with Gasteiger partial charge in [-0.1, -0.05) is 41.6 Å². The maximum absolute atomic E-state index is 11.6. The summed E-state index contributed by atoms with van der Waals surface area (Å²) in [6.45, 7) is -0.0551. The molecule has 0 radical (unpaired) electrons. The van der Waals surface area contributed by atoms with Gasteiger partial charge in [0, 0.05) is 11.4 Å². The summed E-state index contributed by atoms with van der Waals surface area (Å²) in [6.07, 6.45) is -4.25. The molecule has 4 rings (SSSR count). The van der Waals surface area contributed by atoms with Crippen LogP contribution in [0, 0.1) is 0 Å². The monoisotopic (exact) mass is 519 g/mol. The highest BCUT2D eigenvalue weighted by atomic mass is 35.5. The fourth-order valence-electron chi connectivity index (χ4n) is 3.84. The summed E-state index contributed by atoms with van der Waals surface area (Å²) in [5.74, 6) is -1.48. The predicted molar refractivity (Wildman–Crippen MR) is 118 cm³/mol. The minimum Gasteiger partial charge on any atom is -0.479 e. The number of halogens is 2. The molecule has 13 heteroatoms. The van der Waals surface area contributed by atoms with E-state index in [0.29, 0.717) is 17.9 Å². The average molecular weight is 520 g/mol. The SMILES string of the molecule is O=C(O)[C@H]1O[C@@H](Sc2ncnn2CC(O)(Cc2ccccc2Cl)C2(Cl)CC2)[C@H](O)[C@@H](O)[C@@H]1O. The zero-order chi connectivity index (χ0) is 24.0. The number of aromatic nitrogens is 3. The molecular formula is C20H23Cl2N3O7S. The number of carboxylic acid groups (broad SMARTS) is 1. The first-order chi connectivity index (χ1) is 15.5. The Labute approximate surface area is 203 Å². The lowest BCUT2D eigenvalue weighted by Gasteiger charge is -2.38. The van der Waals surface area contributed by atoms with Crippen LogP contribution in [-0.4, -0.2) is 86.6 Å². The average Bonchev–Trinajstić information content (AvgIpc) is 3.39. The van der Waals surface area contributed by atoms with Gasteiger partial charge in [-0.2, -0.15) is 5.10 Å². The van der Waals surface area contributed by atoms with E-state index in [1.165, 1.54) is 11.0 Å². The first kappa shape index (κ1) is 24.7. The molecule has 1 saturated carbocycles. The number of nitrogens with zero attached hydrogens (tertiary/aromatic N) is 3. The maximum atomic E-state index is 11.6. The van der Waals surface area contributed by atoms with Gasteiger partial charge in [-0.25, -0.2) is 14.5 Å². The van der Waals surface area contributed by atoms with E-state index in [9.17, 15) is 30.3 Å². The standard InChI is InChI=1S/C20H23Cl2N3O7S/c21-11-4-2-1-3-10(11)7-20(31,19(22)5-6-19)8-25-18(23-9-24-25)33-17-14(28)12(26)13(27)15(32-17)16(29)30/h1-4,9,12-15,17,26-28,31H,5-8H2,(H,29,30)/t12-,13-,14+,15-,17-,20?/m0/s1. The second kappa shape index (κ2) is 9.31. The summed E-state index contributed by atoms with van der Waals surface area (Å²) in [4.78, 5) is 14.6. The van der Waals surface area contributed by atoms with Crippen LogP contribution in [0.3, 0.4) is 0 Å². The molecule has 0 spiro atoms. The number of carboxylic acids is 1. The van der Waals surface area contributed by atoms with Gasteiger partial charge >= 0.3 is 5.97 Å². The zero-order valence-electron chi connectivity index (χ0n) is 17.2. The molecule has 1 aromatic carbocycles. The van der Waals surface area contributed by atoms with Crippen molar-refractivity contribution in [2.45, 2.75) is 71.3 Å². The lowest BCUT2D eigenvalue weighted by molar-refractivity contribution is -0.209. The highest BCUT2D eigenvalue weighted by Gasteiger charge is 2.58. The number of carbonyl (C=O) groups is 1. The third kappa shape index (κ3) is 4.87. The quantitative estimate of drug-likeness (QED) is 0.313. The number of rotatable bonds is 8. The number of aliphatic carboxylic acids is 1. The molecule has 1 saturated heterocycles. The summed E-state index contributed by atoms with van der Waals surface area (Å²) in [7, 11) is 0. The molecule has 1 aromatic heterocycles. The van der Waals surface area contributed by atoms with E-state index in [2.05, 4.69) is 10.1 Å². The van der Waals surface area contributed by atoms with Gasteiger partial charge in [0.15, 0.2) is 11.3 Å². The van der Waals surface area contributed by atoms with E-state index in [0.717, 1.165) is 17.3 Å². The largest absolute Gasteiger partial charge is 0.479 e. The van der Waals surface area contributed by atoms with E-state index in [1.54, 1.807) is 18.2 Å². The van der Waals surface area contributed by atoms with Crippen molar-refractivity contribution >= 4 is 40.9 Å². The lowest BCUT2D eigenvalue weighted by Crippen LogP contribution is -2.58.